The third-order valence-electron chi connectivity index (χ3n) is 7.39. The van der Waals surface area contributed by atoms with Gasteiger partial charge in [0.05, 0.1) is 0 Å². The molecule has 2 N–H and O–H groups in total. The molecule has 0 aliphatic carbocycles. The van der Waals surface area contributed by atoms with E-state index in [-0.39, 0.29) is 6.17 Å². The highest BCUT2D eigenvalue weighted by Gasteiger charge is 2.21. The van der Waals surface area contributed by atoms with Crippen molar-refractivity contribution >= 4 is 28.0 Å². The van der Waals surface area contributed by atoms with Gasteiger partial charge in [0.15, 0.2) is 6.17 Å². The number of fused-ring (bicyclic) bond motifs is 1. The van der Waals surface area contributed by atoms with Crippen LogP contribution in [0.5, 0.6) is 0 Å². The summed E-state index contributed by atoms with van der Waals surface area (Å²) in [7, 11) is 0. The van der Waals surface area contributed by atoms with Crippen LogP contribution < -0.4 is 10.6 Å². The fourth-order valence-electron chi connectivity index (χ4n) is 5.38. The number of hydrogen-bond donors (Lipinski definition) is 2. The van der Waals surface area contributed by atoms with Gasteiger partial charge in [0.2, 0.25) is 0 Å². The molecule has 0 atom stereocenters. The van der Waals surface area contributed by atoms with Crippen molar-refractivity contribution < 1.29 is 0 Å². The van der Waals surface area contributed by atoms with Gasteiger partial charge in [-0.15, -0.1) is 0 Å². The van der Waals surface area contributed by atoms with Crippen LogP contribution in [0.25, 0.3) is 27.5 Å². The molecule has 0 saturated heterocycles. The van der Waals surface area contributed by atoms with Gasteiger partial charge in [-0.25, -0.2) is 9.98 Å². The summed E-state index contributed by atoms with van der Waals surface area (Å²) in [4.78, 5) is 10.1. The van der Waals surface area contributed by atoms with E-state index in [4.69, 9.17) is 9.98 Å². The van der Waals surface area contributed by atoms with Crippen LogP contribution in [0.3, 0.4) is 0 Å². The molecule has 0 unspecified atom stereocenters. The zero-order valence-corrected chi connectivity index (χ0v) is 22.0. The zero-order valence-electron chi connectivity index (χ0n) is 22.0. The van der Waals surface area contributed by atoms with Crippen molar-refractivity contribution in [3.8, 4) is 11.1 Å². The summed E-state index contributed by atoms with van der Waals surface area (Å²) in [6.07, 6.45) is 6.08. The Kier molecular flexibility index (Phi) is 6.27. The van der Waals surface area contributed by atoms with Crippen molar-refractivity contribution in [3.63, 3.8) is 0 Å². The molecule has 5 aromatic rings. The van der Waals surface area contributed by atoms with E-state index in [0.29, 0.717) is 0 Å². The minimum absolute atomic E-state index is 0.345. The van der Waals surface area contributed by atoms with Gasteiger partial charge in [0.1, 0.15) is 11.7 Å². The zero-order chi connectivity index (χ0) is 26.7. The first kappa shape index (κ1) is 23.9. The molecular weight excluding hydrogens is 488 g/mol. The largest absolute Gasteiger partial charge is 0.387 e. The van der Waals surface area contributed by atoms with Crippen molar-refractivity contribution in [3.05, 3.63) is 162 Å². The van der Waals surface area contributed by atoms with Gasteiger partial charge in [0.25, 0.3) is 0 Å². The van der Waals surface area contributed by atoms with Crippen LogP contribution in [0.4, 0.5) is 0 Å². The SMILES string of the molecule is C1=CC(c2ccc3ccccc3c2-c2ccc(C3N=C(c4ccccc4)NC(c4ccccc4)=N3)cc2)=CCN1. The number of allylic oxidation sites excluding steroid dienone is 2. The Hall–Kier alpha value is -5.22. The molecule has 0 bridgehead atoms. The number of dihydropyridines is 1. The Morgan fingerprint density at radius 3 is 1.90 bits per heavy atom. The van der Waals surface area contributed by atoms with Crippen LogP contribution in [0.1, 0.15) is 28.4 Å². The van der Waals surface area contributed by atoms with E-state index >= 15 is 0 Å². The van der Waals surface area contributed by atoms with Gasteiger partial charge in [-0.1, -0.05) is 127 Å². The third kappa shape index (κ3) is 4.61. The quantitative estimate of drug-likeness (QED) is 0.254. The molecule has 4 heteroatoms. The Bertz CT molecular complexity index is 1740. The van der Waals surface area contributed by atoms with Crippen LogP contribution in [0.2, 0.25) is 0 Å². The average molecular weight is 517 g/mol. The van der Waals surface area contributed by atoms with Crippen molar-refractivity contribution in [2.75, 3.05) is 6.54 Å². The lowest BCUT2D eigenvalue weighted by Crippen LogP contribution is -2.35. The first-order chi connectivity index (χ1) is 19.8. The second-order valence-corrected chi connectivity index (χ2v) is 9.92. The summed E-state index contributed by atoms with van der Waals surface area (Å²) in [6.45, 7) is 0.830. The molecule has 192 valence electrons. The highest BCUT2D eigenvalue weighted by atomic mass is 15.2. The lowest BCUT2D eigenvalue weighted by atomic mass is 9.88. The van der Waals surface area contributed by atoms with E-state index in [1.54, 1.807) is 0 Å². The average Bonchev–Trinajstić information content (AvgIpc) is 3.05. The number of benzene rings is 5. The van der Waals surface area contributed by atoms with Crippen molar-refractivity contribution in [2.24, 2.45) is 9.98 Å². The van der Waals surface area contributed by atoms with E-state index in [0.717, 1.165) is 34.9 Å². The van der Waals surface area contributed by atoms with Crippen LogP contribution in [-0.2, 0) is 0 Å². The van der Waals surface area contributed by atoms with E-state index in [1.165, 1.54) is 33.0 Å². The van der Waals surface area contributed by atoms with Gasteiger partial charge < -0.3 is 10.6 Å². The monoisotopic (exact) mass is 516 g/mol. The number of nitrogens with zero attached hydrogens (tertiary/aromatic N) is 2. The predicted molar refractivity (Wildman–Crippen MR) is 166 cm³/mol. The Labute approximate surface area is 234 Å². The molecule has 2 aliphatic heterocycles. The molecule has 0 radical (unpaired) electrons. The maximum absolute atomic E-state index is 5.03. The van der Waals surface area contributed by atoms with Gasteiger partial charge in [-0.3, -0.25) is 0 Å². The number of aliphatic imine (C=N–C) groups is 2. The van der Waals surface area contributed by atoms with Gasteiger partial charge >= 0.3 is 0 Å². The minimum atomic E-state index is -0.345. The van der Waals surface area contributed by atoms with E-state index in [1.807, 2.05) is 42.6 Å². The van der Waals surface area contributed by atoms with E-state index < -0.39 is 0 Å². The van der Waals surface area contributed by atoms with E-state index in [9.17, 15) is 0 Å². The Balaban J connectivity index is 1.31. The molecule has 40 heavy (non-hydrogen) atoms. The highest BCUT2D eigenvalue weighted by molar-refractivity contribution is 6.15. The van der Waals surface area contributed by atoms with Crippen LogP contribution in [0.15, 0.2) is 150 Å². The molecular formula is C36H28N4. The number of rotatable bonds is 5. The molecule has 7 rings (SSSR count). The summed E-state index contributed by atoms with van der Waals surface area (Å²) < 4.78 is 0. The number of amidine groups is 2. The summed E-state index contributed by atoms with van der Waals surface area (Å²) in [5, 5.41) is 9.22. The fourth-order valence-corrected chi connectivity index (χ4v) is 5.38. The third-order valence-corrected chi connectivity index (χ3v) is 7.39. The van der Waals surface area contributed by atoms with Gasteiger partial charge in [0, 0.05) is 17.7 Å². The summed E-state index contributed by atoms with van der Waals surface area (Å²) in [5.41, 5.74) is 8.02. The molecule has 2 heterocycles. The second-order valence-electron chi connectivity index (χ2n) is 9.92. The minimum Gasteiger partial charge on any atom is -0.387 e. The van der Waals surface area contributed by atoms with Gasteiger partial charge in [-0.05, 0) is 50.9 Å². The molecule has 0 spiro atoms. The Morgan fingerprint density at radius 2 is 1.25 bits per heavy atom. The standard InChI is InChI=1S/C36H28N4/c1-3-10-28(11-4-1)34-38-35(29-12-5-2-6-13-29)40-36(39-34)30-17-15-27(16-18-30)33-31-14-8-7-9-25(31)19-20-32(33)26-21-23-37-24-22-26/h1-23,36-37H,24H2,(H,38,39,40). The molecule has 4 nitrogen and oxygen atoms in total. The maximum atomic E-state index is 5.03. The molecule has 2 aliphatic rings. The van der Waals surface area contributed by atoms with Crippen LogP contribution >= 0.6 is 0 Å². The molecule has 5 aromatic carbocycles. The van der Waals surface area contributed by atoms with Crippen molar-refractivity contribution in [1.82, 2.24) is 10.6 Å². The topological polar surface area (TPSA) is 48.8 Å². The fraction of sp³-hybridized carbons (Fsp3) is 0.0556. The lowest BCUT2D eigenvalue weighted by molar-refractivity contribution is 0.756. The predicted octanol–water partition coefficient (Wildman–Crippen LogP) is 7.50. The Morgan fingerprint density at radius 1 is 0.600 bits per heavy atom. The summed E-state index contributed by atoms with van der Waals surface area (Å²) >= 11 is 0. The van der Waals surface area contributed by atoms with Gasteiger partial charge in [-0.2, -0.15) is 0 Å². The highest BCUT2D eigenvalue weighted by Crippen LogP contribution is 2.37. The number of hydrogen-bond acceptors (Lipinski definition) is 4. The molecule has 0 aromatic heterocycles. The molecule has 0 amide bonds. The maximum Gasteiger partial charge on any atom is 0.169 e. The van der Waals surface area contributed by atoms with Crippen LogP contribution in [0, 0.1) is 0 Å². The summed E-state index contributed by atoms with van der Waals surface area (Å²) in [6, 6.07) is 42.3. The van der Waals surface area contributed by atoms with Crippen molar-refractivity contribution in [1.29, 1.82) is 0 Å². The summed E-state index contributed by atoms with van der Waals surface area (Å²) in [5.74, 6) is 1.65. The first-order valence-corrected chi connectivity index (χ1v) is 13.6. The second kappa shape index (κ2) is 10.5. The smallest absolute Gasteiger partial charge is 0.169 e. The molecule has 0 fully saturated rings. The van der Waals surface area contributed by atoms with Crippen molar-refractivity contribution in [2.45, 2.75) is 6.17 Å². The normalized spacial score (nSPS) is 15.1. The number of nitrogens with one attached hydrogen (secondary N) is 2. The van der Waals surface area contributed by atoms with Crippen LogP contribution in [-0.4, -0.2) is 18.2 Å². The first-order valence-electron chi connectivity index (χ1n) is 13.6. The molecule has 0 saturated carbocycles. The lowest BCUT2D eigenvalue weighted by Gasteiger charge is -2.22. The van der Waals surface area contributed by atoms with E-state index in [2.05, 4.69) is 108 Å².